The summed E-state index contributed by atoms with van der Waals surface area (Å²) in [5.41, 5.74) is 5.40. The number of hydrogen-bond donors (Lipinski definition) is 2. The lowest BCUT2D eigenvalue weighted by Crippen LogP contribution is -2.39. The van der Waals surface area contributed by atoms with E-state index >= 15 is 0 Å². The third kappa shape index (κ3) is 4.29. The van der Waals surface area contributed by atoms with Crippen LogP contribution in [0.3, 0.4) is 0 Å². The van der Waals surface area contributed by atoms with Gasteiger partial charge in [-0.3, -0.25) is 14.7 Å². The molecule has 0 saturated carbocycles. The Morgan fingerprint density at radius 2 is 1.94 bits per heavy atom. The SMILES string of the molecule is CCn1c(=O)c2cnc(Nc3ccc4c(c3)CC(CO)N(C)C4)nc2n1-c1ccnc(C(C)(C)C)c1. The highest BCUT2D eigenvalue weighted by Crippen LogP contribution is 2.27. The molecule has 0 bridgehead atoms. The molecule has 1 aliphatic rings. The van der Waals surface area contributed by atoms with Crippen LogP contribution in [0, 0.1) is 0 Å². The summed E-state index contributed by atoms with van der Waals surface area (Å²) in [5, 5.41) is 13.5. The average Bonchev–Trinajstić information content (AvgIpc) is 3.14. The van der Waals surface area contributed by atoms with Gasteiger partial charge in [0.15, 0.2) is 5.65 Å². The first-order valence-electron chi connectivity index (χ1n) is 12.3. The number of hydrogen-bond acceptors (Lipinski definition) is 7. The molecule has 9 nitrogen and oxygen atoms in total. The Kier molecular flexibility index (Phi) is 6.13. The van der Waals surface area contributed by atoms with Gasteiger partial charge < -0.3 is 10.4 Å². The molecular formula is C27H33N7O2. The lowest BCUT2D eigenvalue weighted by Gasteiger charge is -2.33. The molecule has 0 amide bonds. The molecule has 9 heteroatoms. The lowest BCUT2D eigenvalue weighted by molar-refractivity contribution is 0.131. The molecule has 1 aliphatic heterocycles. The Bertz CT molecular complexity index is 1480. The number of aromatic nitrogens is 5. The van der Waals surface area contributed by atoms with Gasteiger partial charge in [0.2, 0.25) is 5.95 Å². The van der Waals surface area contributed by atoms with Gasteiger partial charge in [0.1, 0.15) is 5.39 Å². The standard InChI is InChI=1S/C27H33N7O2/c1-6-33-25(36)22-14-29-26(30-19-8-7-17-15-32(5)21(16-35)12-18(17)11-19)31-24(22)34(33)20-9-10-28-23(13-20)27(2,3)4/h7-11,13-14,21,35H,6,12,15-16H2,1-5H3,(H,29,30,31). The second-order valence-corrected chi connectivity index (χ2v) is 10.5. The Morgan fingerprint density at radius 1 is 1.14 bits per heavy atom. The van der Waals surface area contributed by atoms with Crippen molar-refractivity contribution in [2.24, 2.45) is 0 Å². The van der Waals surface area contributed by atoms with Crippen LogP contribution in [0.1, 0.15) is 44.5 Å². The van der Waals surface area contributed by atoms with Gasteiger partial charge in [0.25, 0.3) is 5.56 Å². The van der Waals surface area contributed by atoms with Crippen LogP contribution in [0.25, 0.3) is 16.7 Å². The first-order chi connectivity index (χ1) is 17.2. The highest BCUT2D eigenvalue weighted by Gasteiger charge is 2.23. The number of fused-ring (bicyclic) bond motifs is 2. The van der Waals surface area contributed by atoms with E-state index in [0.29, 0.717) is 23.5 Å². The molecule has 4 heterocycles. The summed E-state index contributed by atoms with van der Waals surface area (Å²) in [6, 6.07) is 10.2. The quantitative estimate of drug-likeness (QED) is 0.445. The number of aliphatic hydroxyl groups excluding tert-OH is 1. The summed E-state index contributed by atoms with van der Waals surface area (Å²) < 4.78 is 3.53. The van der Waals surface area contributed by atoms with Crippen LogP contribution in [-0.4, -0.2) is 54.0 Å². The van der Waals surface area contributed by atoms with Crippen molar-refractivity contribution in [3.05, 3.63) is 69.9 Å². The number of likely N-dealkylation sites (N-methyl/N-ethyl adjacent to an activating group) is 1. The zero-order chi connectivity index (χ0) is 25.6. The largest absolute Gasteiger partial charge is 0.395 e. The normalized spacial score (nSPS) is 16.3. The first kappa shape index (κ1) is 24.1. The van der Waals surface area contributed by atoms with Gasteiger partial charge in [-0.05, 0) is 55.8 Å². The monoisotopic (exact) mass is 487 g/mol. The van der Waals surface area contributed by atoms with Gasteiger partial charge in [-0.2, -0.15) is 4.98 Å². The Morgan fingerprint density at radius 3 is 2.67 bits per heavy atom. The summed E-state index contributed by atoms with van der Waals surface area (Å²) in [6.07, 6.45) is 4.15. The van der Waals surface area contributed by atoms with E-state index in [1.807, 2.05) is 36.9 Å². The molecule has 4 aromatic rings. The van der Waals surface area contributed by atoms with Crippen LogP contribution in [0.5, 0.6) is 0 Å². The number of rotatable bonds is 5. The maximum atomic E-state index is 13.2. The van der Waals surface area contributed by atoms with E-state index in [9.17, 15) is 9.90 Å². The van der Waals surface area contributed by atoms with Crippen LogP contribution in [-0.2, 0) is 24.9 Å². The van der Waals surface area contributed by atoms with Crippen LogP contribution in [0.4, 0.5) is 11.6 Å². The molecule has 188 valence electrons. The second kappa shape index (κ2) is 9.15. The molecule has 0 spiro atoms. The summed E-state index contributed by atoms with van der Waals surface area (Å²) in [5.74, 6) is 0.418. The summed E-state index contributed by atoms with van der Waals surface area (Å²) in [6.45, 7) is 9.72. The number of benzene rings is 1. The zero-order valence-corrected chi connectivity index (χ0v) is 21.5. The third-order valence-electron chi connectivity index (χ3n) is 6.90. The zero-order valence-electron chi connectivity index (χ0n) is 21.5. The van der Waals surface area contributed by atoms with Crippen LogP contribution in [0.15, 0.2) is 47.5 Å². The van der Waals surface area contributed by atoms with Gasteiger partial charge in [0.05, 0.1) is 12.3 Å². The Labute approximate surface area is 210 Å². The molecule has 2 N–H and O–H groups in total. The average molecular weight is 488 g/mol. The topological polar surface area (TPSA) is 101 Å². The maximum absolute atomic E-state index is 13.2. The molecule has 5 rings (SSSR count). The maximum Gasteiger partial charge on any atom is 0.278 e. The number of pyridine rings is 1. The van der Waals surface area contributed by atoms with Gasteiger partial charge in [-0.1, -0.05) is 26.8 Å². The summed E-state index contributed by atoms with van der Waals surface area (Å²) in [4.78, 5) is 29.1. The molecule has 1 aromatic carbocycles. The molecule has 0 fully saturated rings. The van der Waals surface area contributed by atoms with Gasteiger partial charge >= 0.3 is 0 Å². The van der Waals surface area contributed by atoms with E-state index < -0.39 is 0 Å². The Balaban J connectivity index is 1.55. The fraction of sp³-hybridized carbons (Fsp3) is 0.407. The lowest BCUT2D eigenvalue weighted by atomic mass is 9.91. The van der Waals surface area contributed by atoms with E-state index in [2.05, 4.69) is 53.1 Å². The van der Waals surface area contributed by atoms with Crippen LogP contribution < -0.4 is 10.9 Å². The molecule has 1 unspecified atom stereocenters. The number of nitrogens with zero attached hydrogens (tertiary/aromatic N) is 6. The minimum absolute atomic E-state index is 0.113. The fourth-order valence-corrected chi connectivity index (χ4v) is 4.79. The molecule has 1 atom stereocenters. The van der Waals surface area contributed by atoms with Gasteiger partial charge in [-0.15, -0.1) is 0 Å². The minimum Gasteiger partial charge on any atom is -0.395 e. The van der Waals surface area contributed by atoms with Crippen molar-refractivity contribution in [1.82, 2.24) is 29.2 Å². The van der Waals surface area contributed by atoms with Crippen molar-refractivity contribution in [2.45, 2.75) is 58.7 Å². The van der Waals surface area contributed by atoms with E-state index in [4.69, 9.17) is 4.98 Å². The molecule has 3 aromatic heterocycles. The van der Waals surface area contributed by atoms with Crippen molar-refractivity contribution in [3.63, 3.8) is 0 Å². The third-order valence-corrected chi connectivity index (χ3v) is 6.90. The predicted molar refractivity (Wildman–Crippen MR) is 141 cm³/mol. The highest BCUT2D eigenvalue weighted by molar-refractivity contribution is 5.77. The van der Waals surface area contributed by atoms with Crippen LogP contribution >= 0.6 is 0 Å². The van der Waals surface area contributed by atoms with Gasteiger partial charge in [0, 0.05) is 48.3 Å². The van der Waals surface area contributed by atoms with E-state index in [0.717, 1.165) is 30.0 Å². The van der Waals surface area contributed by atoms with Gasteiger partial charge in [-0.25, -0.2) is 14.3 Å². The fourth-order valence-electron chi connectivity index (χ4n) is 4.79. The molecular weight excluding hydrogens is 454 g/mol. The van der Waals surface area contributed by atoms with E-state index in [-0.39, 0.29) is 23.6 Å². The molecule has 0 saturated heterocycles. The van der Waals surface area contributed by atoms with E-state index in [1.165, 1.54) is 11.1 Å². The number of anilines is 2. The first-order valence-corrected chi connectivity index (χ1v) is 12.3. The molecule has 36 heavy (non-hydrogen) atoms. The summed E-state index contributed by atoms with van der Waals surface area (Å²) in [7, 11) is 2.04. The van der Waals surface area contributed by atoms with Crippen molar-refractivity contribution < 1.29 is 5.11 Å². The highest BCUT2D eigenvalue weighted by atomic mass is 16.3. The van der Waals surface area contributed by atoms with Crippen molar-refractivity contribution >= 4 is 22.7 Å². The second-order valence-electron chi connectivity index (χ2n) is 10.5. The van der Waals surface area contributed by atoms with Crippen molar-refractivity contribution in [2.75, 3.05) is 19.0 Å². The molecule has 0 aliphatic carbocycles. The smallest absolute Gasteiger partial charge is 0.278 e. The molecule has 0 radical (unpaired) electrons. The van der Waals surface area contributed by atoms with Crippen molar-refractivity contribution in [3.8, 4) is 5.69 Å². The van der Waals surface area contributed by atoms with Crippen LogP contribution in [0.2, 0.25) is 0 Å². The predicted octanol–water partition coefficient (Wildman–Crippen LogP) is 3.39. The van der Waals surface area contributed by atoms with E-state index in [1.54, 1.807) is 17.1 Å². The minimum atomic E-state index is -0.131. The van der Waals surface area contributed by atoms with Crippen molar-refractivity contribution in [1.29, 1.82) is 0 Å². The summed E-state index contributed by atoms with van der Waals surface area (Å²) >= 11 is 0. The Hall–Kier alpha value is -3.56. The number of nitrogens with one attached hydrogen (secondary N) is 1. The number of aliphatic hydroxyl groups is 1.